The van der Waals surface area contributed by atoms with E-state index in [-0.39, 0.29) is 12.5 Å². The lowest BCUT2D eigenvalue weighted by Gasteiger charge is -2.07. The summed E-state index contributed by atoms with van der Waals surface area (Å²) in [4.78, 5) is 13.8. The van der Waals surface area contributed by atoms with Gasteiger partial charge in [-0.2, -0.15) is 5.26 Å². The van der Waals surface area contributed by atoms with Crippen molar-refractivity contribution in [3.63, 3.8) is 0 Å². The molecule has 1 aliphatic carbocycles. The predicted molar refractivity (Wildman–Crippen MR) is 101 cm³/mol. The van der Waals surface area contributed by atoms with Crippen LogP contribution in [0, 0.1) is 11.3 Å². The third-order valence-corrected chi connectivity index (χ3v) is 6.05. The van der Waals surface area contributed by atoms with Crippen LogP contribution in [0.4, 0.5) is 5.00 Å². The molecule has 3 aromatic rings. The Hall–Kier alpha value is -2.58. The quantitative estimate of drug-likeness (QED) is 0.765. The molecular weight excluding hydrogens is 330 g/mol. The number of carbonyl (C=O) groups is 1. The summed E-state index contributed by atoms with van der Waals surface area (Å²) in [6.45, 7) is 2.39. The highest BCUT2D eigenvalue weighted by Crippen LogP contribution is 2.38. The molecule has 0 unspecified atom stereocenters. The van der Waals surface area contributed by atoms with Crippen LogP contribution in [0.25, 0.3) is 10.9 Å². The zero-order valence-electron chi connectivity index (χ0n) is 14.1. The topological polar surface area (TPSA) is 57.8 Å². The summed E-state index contributed by atoms with van der Waals surface area (Å²) in [6, 6.07) is 10.7. The molecule has 0 saturated heterocycles. The first-order chi connectivity index (χ1) is 12.2. The summed E-state index contributed by atoms with van der Waals surface area (Å²) in [6.07, 6.45) is 6.03. The number of carbonyl (C=O) groups excluding carboxylic acids is 1. The molecular formula is C20H19N3OS. The van der Waals surface area contributed by atoms with Crippen molar-refractivity contribution in [3.05, 3.63) is 52.0 Å². The van der Waals surface area contributed by atoms with Crippen LogP contribution >= 0.6 is 11.3 Å². The Bertz CT molecular complexity index is 1010. The summed E-state index contributed by atoms with van der Waals surface area (Å²) in [5, 5.41) is 14.2. The van der Waals surface area contributed by atoms with E-state index in [1.165, 1.54) is 10.4 Å². The van der Waals surface area contributed by atoms with Crippen molar-refractivity contribution < 1.29 is 4.79 Å². The minimum atomic E-state index is -0.0894. The summed E-state index contributed by atoms with van der Waals surface area (Å²) >= 11 is 1.56. The zero-order valence-corrected chi connectivity index (χ0v) is 14.9. The molecule has 1 aromatic carbocycles. The Morgan fingerprint density at radius 1 is 1.36 bits per heavy atom. The summed E-state index contributed by atoms with van der Waals surface area (Å²) in [5.41, 5.74) is 4.15. The first kappa shape index (κ1) is 15.9. The molecule has 0 atom stereocenters. The smallest absolute Gasteiger partial charge is 0.244 e. The second-order valence-electron chi connectivity index (χ2n) is 6.41. The number of fused-ring (bicyclic) bond motifs is 2. The van der Waals surface area contributed by atoms with E-state index in [9.17, 15) is 10.1 Å². The molecule has 1 amide bonds. The molecule has 0 aliphatic heterocycles. The van der Waals surface area contributed by atoms with Gasteiger partial charge in [-0.05, 0) is 60.4 Å². The molecule has 0 spiro atoms. The maximum Gasteiger partial charge on any atom is 0.244 e. The van der Waals surface area contributed by atoms with Gasteiger partial charge in [0.05, 0.1) is 5.56 Å². The maximum atomic E-state index is 12.5. The van der Waals surface area contributed by atoms with Crippen molar-refractivity contribution in [2.24, 2.45) is 0 Å². The van der Waals surface area contributed by atoms with E-state index in [1.54, 1.807) is 11.3 Å². The van der Waals surface area contributed by atoms with E-state index in [0.717, 1.165) is 42.1 Å². The van der Waals surface area contributed by atoms with E-state index in [4.69, 9.17) is 0 Å². The SMILES string of the molecule is CCc1ccc2c(ccn2CC(=O)Nc2sc3c(c2C#N)CCC3)c1. The monoisotopic (exact) mass is 349 g/mol. The molecule has 0 radical (unpaired) electrons. The van der Waals surface area contributed by atoms with Gasteiger partial charge in [-0.1, -0.05) is 13.0 Å². The van der Waals surface area contributed by atoms with Crippen molar-refractivity contribution in [1.29, 1.82) is 5.26 Å². The zero-order chi connectivity index (χ0) is 17.4. The maximum absolute atomic E-state index is 12.5. The van der Waals surface area contributed by atoms with Crippen molar-refractivity contribution >= 4 is 33.1 Å². The minimum absolute atomic E-state index is 0.0894. The van der Waals surface area contributed by atoms with E-state index < -0.39 is 0 Å². The number of nitrogens with zero attached hydrogens (tertiary/aromatic N) is 2. The van der Waals surface area contributed by atoms with E-state index in [1.807, 2.05) is 16.8 Å². The third-order valence-electron chi connectivity index (χ3n) is 4.84. The van der Waals surface area contributed by atoms with Gasteiger partial charge in [-0.15, -0.1) is 11.3 Å². The number of nitriles is 1. The van der Waals surface area contributed by atoms with Gasteiger partial charge >= 0.3 is 0 Å². The van der Waals surface area contributed by atoms with Gasteiger partial charge in [0.25, 0.3) is 0 Å². The second kappa shape index (κ2) is 6.38. The normalized spacial score (nSPS) is 13.0. The number of anilines is 1. The lowest BCUT2D eigenvalue weighted by atomic mass is 10.1. The van der Waals surface area contributed by atoms with Crippen LogP contribution in [0.15, 0.2) is 30.5 Å². The minimum Gasteiger partial charge on any atom is -0.338 e. The molecule has 1 N–H and O–H groups in total. The molecule has 4 rings (SSSR count). The van der Waals surface area contributed by atoms with Gasteiger partial charge < -0.3 is 9.88 Å². The van der Waals surface area contributed by atoms with Crippen LogP contribution in [0.3, 0.4) is 0 Å². The fraction of sp³-hybridized carbons (Fsp3) is 0.300. The van der Waals surface area contributed by atoms with Crippen LogP contribution in [0.5, 0.6) is 0 Å². The molecule has 4 nitrogen and oxygen atoms in total. The molecule has 0 fully saturated rings. The first-order valence-corrected chi connectivity index (χ1v) is 9.43. The van der Waals surface area contributed by atoms with Crippen LogP contribution in [0.1, 0.15) is 34.9 Å². The number of amides is 1. The summed E-state index contributed by atoms with van der Waals surface area (Å²) in [5.74, 6) is -0.0894. The molecule has 2 heterocycles. The fourth-order valence-corrected chi connectivity index (χ4v) is 4.79. The van der Waals surface area contributed by atoms with Crippen molar-refractivity contribution in [3.8, 4) is 6.07 Å². The van der Waals surface area contributed by atoms with Gasteiger partial charge in [-0.25, -0.2) is 0 Å². The van der Waals surface area contributed by atoms with Crippen LogP contribution in [-0.4, -0.2) is 10.5 Å². The third kappa shape index (κ3) is 2.83. The Labute approximate surface area is 150 Å². The molecule has 126 valence electrons. The fourth-order valence-electron chi connectivity index (χ4n) is 3.54. The Kier molecular flexibility index (Phi) is 4.06. The number of hydrogen-bond donors (Lipinski definition) is 1. The van der Waals surface area contributed by atoms with Gasteiger partial charge in [0, 0.05) is 16.6 Å². The average molecular weight is 349 g/mol. The summed E-state index contributed by atoms with van der Waals surface area (Å²) in [7, 11) is 0. The molecule has 0 bridgehead atoms. The summed E-state index contributed by atoms with van der Waals surface area (Å²) < 4.78 is 1.96. The molecule has 5 heteroatoms. The van der Waals surface area contributed by atoms with E-state index >= 15 is 0 Å². The lowest BCUT2D eigenvalue weighted by Crippen LogP contribution is -2.18. The van der Waals surface area contributed by atoms with E-state index in [0.29, 0.717) is 10.6 Å². The van der Waals surface area contributed by atoms with Crippen molar-refractivity contribution in [2.75, 3.05) is 5.32 Å². The number of hydrogen-bond acceptors (Lipinski definition) is 3. The van der Waals surface area contributed by atoms with Gasteiger partial charge in [0.2, 0.25) is 5.91 Å². The van der Waals surface area contributed by atoms with Gasteiger partial charge in [0.15, 0.2) is 0 Å². The van der Waals surface area contributed by atoms with E-state index in [2.05, 4.69) is 36.5 Å². The molecule has 2 aromatic heterocycles. The second-order valence-corrected chi connectivity index (χ2v) is 7.52. The number of rotatable bonds is 4. The highest BCUT2D eigenvalue weighted by molar-refractivity contribution is 7.16. The molecule has 0 saturated carbocycles. The predicted octanol–water partition coefficient (Wildman–Crippen LogP) is 4.26. The highest BCUT2D eigenvalue weighted by atomic mass is 32.1. The number of nitrogens with one attached hydrogen (secondary N) is 1. The van der Waals surface area contributed by atoms with Crippen LogP contribution < -0.4 is 5.32 Å². The van der Waals surface area contributed by atoms with Crippen molar-refractivity contribution in [2.45, 2.75) is 39.2 Å². The lowest BCUT2D eigenvalue weighted by molar-refractivity contribution is -0.116. The van der Waals surface area contributed by atoms with Crippen molar-refractivity contribution in [1.82, 2.24) is 4.57 Å². The number of thiophene rings is 1. The molecule has 25 heavy (non-hydrogen) atoms. The Balaban J connectivity index is 1.54. The Morgan fingerprint density at radius 3 is 3.04 bits per heavy atom. The first-order valence-electron chi connectivity index (χ1n) is 8.62. The Morgan fingerprint density at radius 2 is 2.24 bits per heavy atom. The number of aromatic nitrogens is 1. The van der Waals surface area contributed by atoms with Crippen LogP contribution in [0.2, 0.25) is 0 Å². The number of aryl methyl sites for hydroxylation is 2. The molecule has 1 aliphatic rings. The number of benzene rings is 1. The van der Waals surface area contributed by atoms with Crippen LogP contribution in [-0.2, 0) is 30.6 Å². The average Bonchev–Trinajstić information content (AvgIpc) is 3.29. The highest BCUT2D eigenvalue weighted by Gasteiger charge is 2.23. The van der Waals surface area contributed by atoms with Gasteiger partial charge in [0.1, 0.15) is 17.6 Å². The standard InChI is InChI=1S/C20H19N3OS/c1-2-13-6-7-17-14(10-13)8-9-23(17)12-19(24)22-20-16(11-21)15-4-3-5-18(15)25-20/h6-10H,2-5,12H2,1H3,(H,22,24). The van der Waals surface area contributed by atoms with Gasteiger partial charge in [-0.3, -0.25) is 4.79 Å². The largest absolute Gasteiger partial charge is 0.338 e.